The van der Waals surface area contributed by atoms with Gasteiger partial charge < -0.3 is 24.7 Å². The number of allylic oxidation sites excluding steroid dienone is 1. The van der Waals surface area contributed by atoms with E-state index in [1.165, 1.54) is 11.1 Å². The van der Waals surface area contributed by atoms with Gasteiger partial charge in [-0.1, -0.05) is 0 Å². The summed E-state index contributed by atoms with van der Waals surface area (Å²) >= 11 is 0. The number of amides is 1. The Bertz CT molecular complexity index is 523. The molecule has 1 fully saturated rings. The molecule has 0 saturated carbocycles. The molecule has 0 spiro atoms. The van der Waals surface area contributed by atoms with Crippen molar-refractivity contribution in [3.8, 4) is 0 Å². The van der Waals surface area contributed by atoms with E-state index in [1.54, 1.807) is 13.3 Å². The Kier molecular flexibility index (Phi) is 6.70. The quantitative estimate of drug-likeness (QED) is 0.554. The second-order valence-electron chi connectivity index (χ2n) is 8.26. The maximum atomic E-state index is 11.9. The first-order valence-electron chi connectivity index (χ1n) is 8.57. The molecule has 0 radical (unpaired) electrons. The Balaban J connectivity index is 2.54. The lowest BCUT2D eigenvalue weighted by Gasteiger charge is -2.32. The van der Waals surface area contributed by atoms with E-state index in [9.17, 15) is 4.79 Å². The van der Waals surface area contributed by atoms with Crippen LogP contribution in [0.2, 0.25) is 0 Å². The third kappa shape index (κ3) is 6.04. The fourth-order valence-electron chi connectivity index (χ4n) is 2.03. The molecule has 142 valence electrons. The highest BCUT2D eigenvalue weighted by molar-refractivity contribution is 6.60. The van der Waals surface area contributed by atoms with Gasteiger partial charge in [0.2, 0.25) is 0 Å². The van der Waals surface area contributed by atoms with Crippen LogP contribution in [0.4, 0.5) is 4.79 Å². The Morgan fingerprint density at radius 2 is 1.76 bits per heavy atom. The SMILES string of the molecule is CN(CC[NH+]=C/C(=C\N)B1OC(C)(C)C(C)(C)O1)C(=O)OC(C)(C)C. The monoisotopic (exact) mass is 354 g/mol. The Morgan fingerprint density at radius 1 is 1.24 bits per heavy atom. The van der Waals surface area contributed by atoms with Crippen LogP contribution in [0.15, 0.2) is 11.7 Å². The van der Waals surface area contributed by atoms with Crippen LogP contribution in [0.5, 0.6) is 0 Å². The molecular formula is C17H33BN3O4+. The molecule has 1 aliphatic rings. The lowest BCUT2D eigenvalue weighted by molar-refractivity contribution is -0.451. The van der Waals surface area contributed by atoms with Gasteiger partial charge in [-0.3, -0.25) is 0 Å². The zero-order chi connectivity index (χ0) is 19.5. The van der Waals surface area contributed by atoms with Gasteiger partial charge in [-0.15, -0.1) is 0 Å². The number of nitrogens with two attached hydrogens (primary N) is 1. The lowest BCUT2D eigenvalue weighted by atomic mass is 9.79. The molecule has 1 rings (SSSR count). The number of nitrogens with one attached hydrogen (secondary N) is 1. The number of rotatable bonds is 5. The molecule has 0 aromatic carbocycles. The molecule has 1 aliphatic heterocycles. The highest BCUT2D eigenvalue weighted by atomic mass is 16.7. The van der Waals surface area contributed by atoms with Crippen molar-refractivity contribution in [3.05, 3.63) is 11.7 Å². The maximum absolute atomic E-state index is 11.9. The highest BCUT2D eigenvalue weighted by Gasteiger charge is 2.52. The van der Waals surface area contributed by atoms with Crippen LogP contribution in [0.25, 0.3) is 0 Å². The highest BCUT2D eigenvalue weighted by Crippen LogP contribution is 2.37. The second-order valence-corrected chi connectivity index (χ2v) is 8.26. The van der Waals surface area contributed by atoms with Crippen molar-refractivity contribution >= 4 is 19.4 Å². The van der Waals surface area contributed by atoms with E-state index in [0.717, 1.165) is 0 Å². The van der Waals surface area contributed by atoms with Gasteiger partial charge >= 0.3 is 13.2 Å². The van der Waals surface area contributed by atoms with Crippen molar-refractivity contribution < 1.29 is 23.8 Å². The fourth-order valence-corrected chi connectivity index (χ4v) is 2.03. The predicted molar refractivity (Wildman–Crippen MR) is 99.1 cm³/mol. The summed E-state index contributed by atoms with van der Waals surface area (Å²) in [7, 11) is 1.18. The van der Waals surface area contributed by atoms with Gasteiger partial charge in [0.25, 0.3) is 0 Å². The van der Waals surface area contributed by atoms with E-state index in [1.807, 2.05) is 48.5 Å². The third-order valence-electron chi connectivity index (χ3n) is 4.28. The van der Waals surface area contributed by atoms with Gasteiger partial charge in [-0.05, 0) is 54.7 Å². The molecule has 7 nitrogen and oxygen atoms in total. The van der Waals surface area contributed by atoms with E-state index in [2.05, 4.69) is 4.99 Å². The molecule has 3 N–H and O–H groups in total. The largest absolute Gasteiger partial charge is 0.502 e. The Hall–Kier alpha value is -1.54. The minimum absolute atomic E-state index is 0.352. The summed E-state index contributed by atoms with van der Waals surface area (Å²) in [6.07, 6.45) is 2.87. The van der Waals surface area contributed by atoms with Crippen molar-refractivity contribution in [1.29, 1.82) is 0 Å². The number of ether oxygens (including phenoxy) is 1. The third-order valence-corrected chi connectivity index (χ3v) is 4.28. The molecule has 0 atom stereocenters. The van der Waals surface area contributed by atoms with Gasteiger partial charge in [0, 0.05) is 7.05 Å². The molecule has 0 aromatic heterocycles. The van der Waals surface area contributed by atoms with Crippen LogP contribution in [0, 0.1) is 0 Å². The number of hydrogen-bond donors (Lipinski definition) is 2. The van der Waals surface area contributed by atoms with E-state index in [0.29, 0.717) is 18.6 Å². The van der Waals surface area contributed by atoms with Crippen molar-refractivity contribution in [2.24, 2.45) is 5.73 Å². The molecule has 25 heavy (non-hydrogen) atoms. The van der Waals surface area contributed by atoms with E-state index in [-0.39, 0.29) is 6.09 Å². The van der Waals surface area contributed by atoms with Crippen molar-refractivity contribution in [3.63, 3.8) is 0 Å². The summed E-state index contributed by atoms with van der Waals surface area (Å²) in [5, 5.41) is 0. The van der Waals surface area contributed by atoms with Crippen molar-refractivity contribution in [2.75, 3.05) is 20.1 Å². The first-order valence-corrected chi connectivity index (χ1v) is 8.57. The number of carbonyl (C=O) groups excluding carboxylic acids is 1. The summed E-state index contributed by atoms with van der Waals surface area (Å²) in [6.45, 7) is 14.5. The second kappa shape index (κ2) is 7.78. The molecule has 1 heterocycles. The molecule has 0 unspecified atom stereocenters. The minimum Gasteiger partial charge on any atom is -0.444 e. The normalized spacial score (nSPS) is 20.2. The van der Waals surface area contributed by atoms with Crippen LogP contribution >= 0.6 is 0 Å². The molecule has 0 aromatic rings. The van der Waals surface area contributed by atoms with Gasteiger partial charge in [0.15, 0.2) is 12.8 Å². The zero-order valence-electron chi connectivity index (χ0n) is 16.8. The van der Waals surface area contributed by atoms with Gasteiger partial charge in [-0.25, -0.2) is 9.79 Å². The average Bonchev–Trinajstić information content (AvgIpc) is 2.65. The number of carbonyl (C=O) groups is 1. The van der Waals surface area contributed by atoms with Gasteiger partial charge in [0.1, 0.15) is 5.60 Å². The standard InChI is InChI=1S/C17H32BN3O4/c1-15(2,3)23-14(22)21(8)10-9-20-12-13(11-19)18-24-16(4,5)17(6,7)25-18/h11-12H,9-10,19H2,1-8H3/p+1/b13-11+,20-12?. The van der Waals surface area contributed by atoms with Crippen LogP contribution in [-0.4, -0.2) is 61.3 Å². The van der Waals surface area contributed by atoms with E-state index in [4.69, 9.17) is 19.8 Å². The summed E-state index contributed by atoms with van der Waals surface area (Å²) in [6, 6.07) is 0. The summed E-state index contributed by atoms with van der Waals surface area (Å²) in [5.74, 6) is 0. The van der Waals surface area contributed by atoms with Crippen LogP contribution in [0.3, 0.4) is 0 Å². The molecular weight excluding hydrogens is 321 g/mol. The van der Waals surface area contributed by atoms with Crippen LogP contribution < -0.4 is 10.7 Å². The minimum atomic E-state index is -0.522. The van der Waals surface area contributed by atoms with E-state index >= 15 is 0 Å². The zero-order valence-corrected chi connectivity index (χ0v) is 16.8. The molecule has 1 amide bonds. The number of hydrogen-bond acceptors (Lipinski definition) is 5. The van der Waals surface area contributed by atoms with Gasteiger partial charge in [-0.2, -0.15) is 0 Å². The predicted octanol–water partition coefficient (Wildman–Crippen LogP) is 0.479. The number of likely N-dealkylation sites (N-methyl/N-ethyl adjacent to an activating group) is 1. The number of nitrogens with zero attached hydrogens (tertiary/aromatic N) is 1. The van der Waals surface area contributed by atoms with Gasteiger partial charge in [0.05, 0.1) is 23.2 Å². The lowest BCUT2D eigenvalue weighted by Crippen LogP contribution is -2.72. The summed E-state index contributed by atoms with van der Waals surface area (Å²) in [5.41, 5.74) is 5.08. The smallest absolute Gasteiger partial charge is 0.444 e. The molecule has 0 aliphatic carbocycles. The van der Waals surface area contributed by atoms with Crippen LogP contribution in [0.1, 0.15) is 48.5 Å². The fraction of sp³-hybridized carbons (Fsp3) is 0.765. The van der Waals surface area contributed by atoms with Crippen molar-refractivity contribution in [2.45, 2.75) is 65.3 Å². The summed E-state index contributed by atoms with van der Waals surface area (Å²) < 4.78 is 17.2. The summed E-state index contributed by atoms with van der Waals surface area (Å²) in [4.78, 5) is 16.5. The molecule has 0 bridgehead atoms. The topological polar surface area (TPSA) is 88.0 Å². The Morgan fingerprint density at radius 3 is 2.20 bits per heavy atom. The first kappa shape index (κ1) is 21.5. The maximum Gasteiger partial charge on any atom is 0.502 e. The Labute approximate surface area is 151 Å². The molecule has 8 heteroatoms. The average molecular weight is 354 g/mol. The first-order chi connectivity index (χ1) is 11.3. The van der Waals surface area contributed by atoms with E-state index < -0.39 is 23.9 Å². The molecule has 1 saturated heterocycles. The van der Waals surface area contributed by atoms with Crippen molar-refractivity contribution in [1.82, 2.24) is 4.90 Å². The van der Waals surface area contributed by atoms with Crippen LogP contribution in [-0.2, 0) is 14.0 Å².